The van der Waals surface area contributed by atoms with Gasteiger partial charge in [-0.05, 0) is 37.6 Å². The van der Waals surface area contributed by atoms with E-state index in [0.717, 1.165) is 31.5 Å². The Bertz CT molecular complexity index is 401. The topological polar surface area (TPSA) is 23.5 Å². The zero-order chi connectivity index (χ0) is 13.7. The maximum Gasteiger partial charge on any atom is 0.123 e. The van der Waals surface area contributed by atoms with E-state index in [2.05, 4.69) is 11.9 Å². The van der Waals surface area contributed by atoms with Gasteiger partial charge in [-0.3, -0.25) is 0 Å². The average molecular weight is 265 g/mol. The highest BCUT2D eigenvalue weighted by atomic mass is 19.1. The molecule has 0 unspecified atom stereocenters. The number of aliphatic hydroxyl groups is 1. The number of aliphatic hydroxyl groups excluding tert-OH is 1. The van der Waals surface area contributed by atoms with Gasteiger partial charge < -0.3 is 10.0 Å². The normalized spacial score (nSPS) is 18.7. The fraction of sp³-hybridized carbons (Fsp3) is 0.625. The van der Waals surface area contributed by atoms with Crippen molar-refractivity contribution in [3.8, 4) is 0 Å². The molecule has 0 aromatic heterocycles. The summed E-state index contributed by atoms with van der Waals surface area (Å²) in [4.78, 5) is 2.20. The minimum atomic E-state index is -0.180. The summed E-state index contributed by atoms with van der Waals surface area (Å²) in [5.41, 5.74) is 1.05. The van der Waals surface area contributed by atoms with Gasteiger partial charge in [-0.2, -0.15) is 0 Å². The third kappa shape index (κ3) is 4.02. The first-order valence-corrected chi connectivity index (χ1v) is 7.17. The second-order valence-corrected chi connectivity index (χ2v) is 6.02. The Kier molecular flexibility index (Phi) is 4.94. The Morgan fingerprint density at radius 3 is 2.63 bits per heavy atom. The maximum atomic E-state index is 13.2. The Balaban J connectivity index is 1.94. The van der Waals surface area contributed by atoms with Gasteiger partial charge in [-0.15, -0.1) is 0 Å². The summed E-state index contributed by atoms with van der Waals surface area (Å²) in [6.45, 7) is 1.89. The van der Waals surface area contributed by atoms with Gasteiger partial charge in [0.15, 0.2) is 0 Å². The third-order valence-corrected chi connectivity index (χ3v) is 4.20. The number of nitrogens with zero attached hydrogens (tertiary/aromatic N) is 1. The van der Waals surface area contributed by atoms with Crippen LogP contribution in [0, 0.1) is 11.2 Å². The molecular formula is C16H24FNO. The standard InChI is InChI=1S/C16H24FNO/c1-18(11-14-6-5-7-15(17)10-14)12-16(13-19)8-3-2-4-9-16/h5-7,10,19H,2-4,8-9,11-13H2,1H3. The van der Waals surface area contributed by atoms with Gasteiger partial charge in [-0.1, -0.05) is 31.4 Å². The molecule has 1 aromatic rings. The van der Waals surface area contributed by atoms with E-state index in [-0.39, 0.29) is 17.8 Å². The van der Waals surface area contributed by atoms with E-state index in [1.807, 2.05) is 6.07 Å². The van der Waals surface area contributed by atoms with Gasteiger partial charge in [0.1, 0.15) is 5.82 Å². The van der Waals surface area contributed by atoms with Crippen molar-refractivity contribution in [1.82, 2.24) is 4.90 Å². The summed E-state index contributed by atoms with van der Waals surface area (Å²) in [6, 6.07) is 6.76. The van der Waals surface area contributed by atoms with E-state index in [0.29, 0.717) is 0 Å². The molecule has 1 aliphatic carbocycles. The predicted octanol–water partition coefficient (Wildman–Crippen LogP) is 3.20. The summed E-state index contributed by atoms with van der Waals surface area (Å²) in [5, 5.41) is 9.71. The Labute approximate surface area is 115 Å². The fourth-order valence-corrected chi connectivity index (χ4v) is 3.24. The number of hydrogen-bond acceptors (Lipinski definition) is 2. The van der Waals surface area contributed by atoms with Crippen molar-refractivity contribution >= 4 is 0 Å². The van der Waals surface area contributed by atoms with Crippen molar-refractivity contribution in [2.75, 3.05) is 20.2 Å². The van der Waals surface area contributed by atoms with Crippen molar-refractivity contribution in [2.45, 2.75) is 38.6 Å². The maximum absolute atomic E-state index is 13.2. The van der Waals surface area contributed by atoms with Crippen LogP contribution in [0.5, 0.6) is 0 Å². The molecule has 1 saturated carbocycles. The quantitative estimate of drug-likeness (QED) is 0.883. The van der Waals surface area contributed by atoms with Crippen LogP contribution in [0.2, 0.25) is 0 Å². The minimum absolute atomic E-state index is 0.0559. The molecule has 1 aliphatic rings. The smallest absolute Gasteiger partial charge is 0.123 e. The molecule has 3 heteroatoms. The molecule has 1 aromatic carbocycles. The van der Waals surface area contributed by atoms with Gasteiger partial charge in [0.05, 0.1) is 0 Å². The van der Waals surface area contributed by atoms with E-state index in [4.69, 9.17) is 0 Å². The second kappa shape index (κ2) is 6.49. The fourth-order valence-electron chi connectivity index (χ4n) is 3.24. The average Bonchev–Trinajstić information content (AvgIpc) is 2.39. The van der Waals surface area contributed by atoms with Crippen LogP contribution in [0.1, 0.15) is 37.7 Å². The van der Waals surface area contributed by atoms with E-state index in [1.165, 1.54) is 25.3 Å². The molecule has 0 radical (unpaired) electrons. The van der Waals surface area contributed by atoms with Gasteiger partial charge in [0, 0.05) is 25.1 Å². The Morgan fingerprint density at radius 1 is 1.26 bits per heavy atom. The molecule has 0 bridgehead atoms. The first kappa shape index (κ1) is 14.5. The van der Waals surface area contributed by atoms with Crippen molar-refractivity contribution in [2.24, 2.45) is 5.41 Å². The van der Waals surface area contributed by atoms with Crippen molar-refractivity contribution < 1.29 is 9.50 Å². The van der Waals surface area contributed by atoms with Crippen LogP contribution in [-0.2, 0) is 6.54 Å². The van der Waals surface area contributed by atoms with Gasteiger partial charge in [0.2, 0.25) is 0 Å². The first-order valence-electron chi connectivity index (χ1n) is 7.17. The first-order chi connectivity index (χ1) is 9.13. The molecule has 1 N–H and O–H groups in total. The van der Waals surface area contributed by atoms with Gasteiger partial charge in [0.25, 0.3) is 0 Å². The molecule has 2 nitrogen and oxygen atoms in total. The molecule has 0 spiro atoms. The lowest BCUT2D eigenvalue weighted by molar-refractivity contribution is 0.0463. The van der Waals surface area contributed by atoms with Gasteiger partial charge in [-0.25, -0.2) is 4.39 Å². The van der Waals surface area contributed by atoms with Crippen molar-refractivity contribution in [3.05, 3.63) is 35.6 Å². The molecule has 2 rings (SSSR count). The summed E-state index contributed by atoms with van der Waals surface area (Å²) >= 11 is 0. The van der Waals surface area contributed by atoms with E-state index >= 15 is 0 Å². The van der Waals surface area contributed by atoms with Crippen LogP contribution in [0.3, 0.4) is 0 Å². The SMILES string of the molecule is CN(Cc1cccc(F)c1)CC1(CO)CCCCC1. The highest BCUT2D eigenvalue weighted by Gasteiger charge is 2.32. The molecule has 0 atom stereocenters. The molecular weight excluding hydrogens is 241 g/mol. The molecule has 0 heterocycles. The zero-order valence-electron chi connectivity index (χ0n) is 11.7. The molecule has 19 heavy (non-hydrogen) atoms. The van der Waals surface area contributed by atoms with Crippen LogP contribution in [0.15, 0.2) is 24.3 Å². The summed E-state index contributed by atoms with van der Waals surface area (Å²) in [6.07, 6.45) is 5.94. The number of halogens is 1. The molecule has 1 fully saturated rings. The van der Waals surface area contributed by atoms with E-state index < -0.39 is 0 Å². The summed E-state index contributed by atoms with van der Waals surface area (Å²) < 4.78 is 13.2. The van der Waals surface area contributed by atoms with Crippen LogP contribution in [-0.4, -0.2) is 30.2 Å². The summed E-state index contributed by atoms with van der Waals surface area (Å²) in [7, 11) is 2.05. The number of hydrogen-bond donors (Lipinski definition) is 1. The van der Waals surface area contributed by atoms with Crippen LogP contribution < -0.4 is 0 Å². The highest BCUT2D eigenvalue weighted by Crippen LogP contribution is 2.36. The monoisotopic (exact) mass is 265 g/mol. The van der Waals surface area contributed by atoms with E-state index in [9.17, 15) is 9.50 Å². The zero-order valence-corrected chi connectivity index (χ0v) is 11.7. The predicted molar refractivity (Wildman–Crippen MR) is 75.3 cm³/mol. The number of benzene rings is 1. The Hall–Kier alpha value is -0.930. The van der Waals surface area contributed by atoms with Crippen LogP contribution in [0.25, 0.3) is 0 Å². The van der Waals surface area contributed by atoms with Gasteiger partial charge >= 0.3 is 0 Å². The lowest BCUT2D eigenvalue weighted by Gasteiger charge is -2.38. The minimum Gasteiger partial charge on any atom is -0.396 e. The molecule has 0 aliphatic heterocycles. The summed E-state index contributed by atoms with van der Waals surface area (Å²) in [5.74, 6) is -0.180. The molecule has 0 saturated heterocycles. The van der Waals surface area contributed by atoms with Crippen LogP contribution in [0.4, 0.5) is 4.39 Å². The van der Waals surface area contributed by atoms with Crippen molar-refractivity contribution in [3.63, 3.8) is 0 Å². The lowest BCUT2D eigenvalue weighted by atomic mass is 9.74. The Morgan fingerprint density at radius 2 is 2.00 bits per heavy atom. The largest absolute Gasteiger partial charge is 0.396 e. The molecule has 0 amide bonds. The second-order valence-electron chi connectivity index (χ2n) is 6.02. The molecule has 106 valence electrons. The lowest BCUT2D eigenvalue weighted by Crippen LogP contribution is -2.39. The highest BCUT2D eigenvalue weighted by molar-refractivity contribution is 5.16. The van der Waals surface area contributed by atoms with Crippen LogP contribution >= 0.6 is 0 Å². The van der Waals surface area contributed by atoms with E-state index in [1.54, 1.807) is 12.1 Å². The number of rotatable bonds is 5. The van der Waals surface area contributed by atoms with Crippen molar-refractivity contribution in [1.29, 1.82) is 0 Å². The third-order valence-electron chi connectivity index (χ3n) is 4.20.